The highest BCUT2D eigenvalue weighted by Crippen LogP contribution is 2.21. The smallest absolute Gasteiger partial charge is 0.407 e. The second kappa shape index (κ2) is 13.8. The summed E-state index contributed by atoms with van der Waals surface area (Å²) >= 11 is 0. The van der Waals surface area contributed by atoms with Gasteiger partial charge >= 0.3 is 11.7 Å². The minimum Gasteiger partial charge on any atom is -0.445 e. The lowest BCUT2D eigenvalue weighted by Crippen LogP contribution is -2.49. The molecule has 0 radical (unpaired) electrons. The van der Waals surface area contributed by atoms with Crippen molar-refractivity contribution < 1.29 is 28.3 Å². The van der Waals surface area contributed by atoms with Gasteiger partial charge in [-0.25, -0.2) is 9.59 Å². The monoisotopic (exact) mass is 536 g/mol. The molecule has 4 amide bonds. The molecule has 1 heterocycles. The molecule has 0 unspecified atom stereocenters. The minimum absolute atomic E-state index is 0.0588. The first-order valence-corrected chi connectivity index (χ1v) is 12.5. The van der Waals surface area contributed by atoms with Crippen molar-refractivity contribution in [3.63, 3.8) is 0 Å². The Labute approximate surface area is 225 Å². The molecule has 3 rings (SSSR count). The molecule has 11 heteroatoms. The predicted molar refractivity (Wildman–Crippen MR) is 145 cm³/mol. The quantitative estimate of drug-likeness (QED) is 0.275. The number of carbonyl (C=O) groups is 4. The molecule has 0 saturated carbocycles. The molecule has 0 aliphatic heterocycles. The van der Waals surface area contributed by atoms with Crippen LogP contribution >= 0.6 is 0 Å². The lowest BCUT2D eigenvalue weighted by molar-refractivity contribution is -0.128. The molecule has 1 aromatic heterocycles. The maximum Gasteiger partial charge on any atom is 0.407 e. The zero-order valence-electron chi connectivity index (χ0n) is 22.0. The summed E-state index contributed by atoms with van der Waals surface area (Å²) < 4.78 is 10.3. The molecular weight excluding hydrogens is 504 g/mol. The number of alkyl carbamates (subject to hydrolysis) is 1. The predicted octanol–water partition coefficient (Wildman–Crippen LogP) is 2.61. The number of hydrogen-bond acceptors (Lipinski definition) is 7. The zero-order valence-corrected chi connectivity index (χ0v) is 22.0. The first kappa shape index (κ1) is 28.9. The Balaban J connectivity index is 1.48. The van der Waals surface area contributed by atoms with Gasteiger partial charge in [0, 0.05) is 23.2 Å². The van der Waals surface area contributed by atoms with E-state index in [9.17, 15) is 24.0 Å². The highest BCUT2D eigenvalue weighted by atomic mass is 16.5. The van der Waals surface area contributed by atoms with E-state index in [1.165, 1.54) is 6.07 Å². The third kappa shape index (κ3) is 9.29. The number of rotatable bonds is 11. The van der Waals surface area contributed by atoms with E-state index < -0.39 is 35.5 Å². The number of carbonyl (C=O) groups excluding carboxylic acids is 4. The highest BCUT2D eigenvalue weighted by molar-refractivity contribution is 5.99. The molecule has 0 aliphatic rings. The maximum atomic E-state index is 13.0. The van der Waals surface area contributed by atoms with Gasteiger partial charge in [-0.3, -0.25) is 14.4 Å². The van der Waals surface area contributed by atoms with Crippen LogP contribution in [0.3, 0.4) is 0 Å². The number of fused-ring (bicyclic) bond motifs is 1. The van der Waals surface area contributed by atoms with E-state index in [4.69, 9.17) is 9.15 Å². The highest BCUT2D eigenvalue weighted by Gasteiger charge is 2.22. The van der Waals surface area contributed by atoms with Crippen molar-refractivity contribution in [2.75, 3.05) is 18.4 Å². The van der Waals surface area contributed by atoms with Crippen molar-refractivity contribution in [3.05, 3.63) is 76.1 Å². The van der Waals surface area contributed by atoms with Crippen LogP contribution < -0.4 is 26.9 Å². The Morgan fingerprint density at radius 1 is 0.923 bits per heavy atom. The van der Waals surface area contributed by atoms with Crippen molar-refractivity contribution in [2.45, 2.75) is 39.8 Å². The fourth-order valence-corrected chi connectivity index (χ4v) is 3.75. The Morgan fingerprint density at radius 3 is 2.36 bits per heavy atom. The van der Waals surface area contributed by atoms with Crippen molar-refractivity contribution in [2.24, 2.45) is 5.92 Å². The average molecular weight is 537 g/mol. The second-order valence-electron chi connectivity index (χ2n) is 9.39. The molecule has 4 N–H and O–H groups in total. The Morgan fingerprint density at radius 2 is 1.64 bits per heavy atom. The lowest BCUT2D eigenvalue weighted by Gasteiger charge is -2.20. The maximum absolute atomic E-state index is 13.0. The lowest BCUT2D eigenvalue weighted by atomic mass is 10.0. The number of aryl methyl sites for hydroxylation is 1. The van der Waals surface area contributed by atoms with Crippen LogP contribution in [0.15, 0.2) is 63.8 Å². The van der Waals surface area contributed by atoms with Gasteiger partial charge in [-0.2, -0.15) is 0 Å². The van der Waals surface area contributed by atoms with E-state index in [0.717, 1.165) is 16.5 Å². The topological polar surface area (TPSA) is 156 Å². The summed E-state index contributed by atoms with van der Waals surface area (Å²) in [6.45, 7) is 4.90. The Bertz CT molecular complexity index is 1390. The fraction of sp³-hybridized carbons (Fsp3) is 0.321. The summed E-state index contributed by atoms with van der Waals surface area (Å²) in [4.78, 5) is 61.0. The normalized spacial score (nSPS) is 11.5. The number of benzene rings is 2. The van der Waals surface area contributed by atoms with Crippen LogP contribution in [0.4, 0.5) is 10.5 Å². The first-order chi connectivity index (χ1) is 18.6. The van der Waals surface area contributed by atoms with Crippen molar-refractivity contribution in [3.8, 4) is 0 Å². The molecule has 3 aromatic rings. The number of amides is 4. The van der Waals surface area contributed by atoms with Crippen LogP contribution in [0.2, 0.25) is 0 Å². The van der Waals surface area contributed by atoms with Crippen LogP contribution in [0.5, 0.6) is 0 Å². The summed E-state index contributed by atoms with van der Waals surface area (Å²) in [5.74, 6) is -1.55. The van der Waals surface area contributed by atoms with Crippen molar-refractivity contribution >= 4 is 40.5 Å². The van der Waals surface area contributed by atoms with E-state index in [-0.39, 0.29) is 25.6 Å². The third-order valence-corrected chi connectivity index (χ3v) is 5.63. The molecule has 2 aromatic carbocycles. The van der Waals surface area contributed by atoms with Gasteiger partial charge in [0.1, 0.15) is 24.8 Å². The van der Waals surface area contributed by atoms with Gasteiger partial charge in [0.25, 0.3) is 0 Å². The molecule has 0 spiro atoms. The van der Waals surface area contributed by atoms with Gasteiger partial charge in [0.2, 0.25) is 17.7 Å². The summed E-state index contributed by atoms with van der Waals surface area (Å²) in [7, 11) is 0. The molecule has 206 valence electrons. The molecular formula is C28H32N4O7. The van der Waals surface area contributed by atoms with Gasteiger partial charge in [0.05, 0.1) is 6.54 Å². The van der Waals surface area contributed by atoms with Crippen molar-refractivity contribution in [1.82, 2.24) is 16.0 Å². The number of ether oxygens (including phenoxy) is 1. The standard InChI is InChI=1S/C28H32N4O7/c1-17(2)11-22(27(36)31-20-9-10-21-18(3)12-26(35)39-23(21)13-20)32-25(34)15-29-24(33)14-30-28(37)38-16-19-7-5-4-6-8-19/h4-10,12-13,17,22H,11,14-16H2,1-3H3,(H,29,33)(H,30,37)(H,31,36)(H,32,34)/t22-/m1/s1. The minimum atomic E-state index is -0.874. The number of nitrogens with one attached hydrogen (secondary N) is 4. The third-order valence-electron chi connectivity index (χ3n) is 5.63. The summed E-state index contributed by atoms with van der Waals surface area (Å²) in [5, 5.41) is 10.8. The fourth-order valence-electron chi connectivity index (χ4n) is 3.75. The average Bonchev–Trinajstić information content (AvgIpc) is 2.89. The SMILES string of the molecule is Cc1cc(=O)oc2cc(NC(=O)[C@@H](CC(C)C)NC(=O)CNC(=O)CNC(=O)OCc3ccccc3)ccc12. The zero-order chi connectivity index (χ0) is 28.4. The molecule has 1 atom stereocenters. The van der Waals surface area contributed by atoms with Crippen LogP contribution in [-0.4, -0.2) is 42.9 Å². The van der Waals surface area contributed by atoms with Gasteiger partial charge in [-0.1, -0.05) is 44.2 Å². The van der Waals surface area contributed by atoms with E-state index >= 15 is 0 Å². The summed E-state index contributed by atoms with van der Waals surface area (Å²) in [6.07, 6.45) is -0.419. The second-order valence-corrected chi connectivity index (χ2v) is 9.39. The Kier molecular flexibility index (Phi) is 10.2. The van der Waals surface area contributed by atoms with Gasteiger partial charge in [0.15, 0.2) is 0 Å². The largest absolute Gasteiger partial charge is 0.445 e. The van der Waals surface area contributed by atoms with Crippen LogP contribution in [0.1, 0.15) is 31.4 Å². The molecule has 0 fully saturated rings. The summed E-state index contributed by atoms with van der Waals surface area (Å²) in [5.41, 5.74) is 1.81. The molecule has 11 nitrogen and oxygen atoms in total. The summed E-state index contributed by atoms with van der Waals surface area (Å²) in [6, 6.07) is 14.6. The van der Waals surface area contributed by atoms with E-state index in [0.29, 0.717) is 17.7 Å². The Hall–Kier alpha value is -4.67. The molecule has 0 saturated heterocycles. The van der Waals surface area contributed by atoms with E-state index in [1.807, 2.05) is 32.0 Å². The van der Waals surface area contributed by atoms with E-state index in [2.05, 4.69) is 21.3 Å². The van der Waals surface area contributed by atoms with Gasteiger partial charge in [-0.05, 0) is 42.5 Å². The number of anilines is 1. The molecule has 0 bridgehead atoms. The first-order valence-electron chi connectivity index (χ1n) is 12.5. The van der Waals surface area contributed by atoms with Crippen LogP contribution in [0, 0.1) is 12.8 Å². The van der Waals surface area contributed by atoms with Crippen LogP contribution in [0.25, 0.3) is 11.0 Å². The van der Waals surface area contributed by atoms with Gasteiger partial charge in [-0.15, -0.1) is 0 Å². The van der Waals surface area contributed by atoms with Gasteiger partial charge < -0.3 is 30.4 Å². The van der Waals surface area contributed by atoms with Crippen molar-refractivity contribution in [1.29, 1.82) is 0 Å². The number of hydrogen-bond donors (Lipinski definition) is 4. The molecule has 39 heavy (non-hydrogen) atoms. The molecule has 0 aliphatic carbocycles. The van der Waals surface area contributed by atoms with E-state index in [1.54, 1.807) is 37.3 Å². The van der Waals surface area contributed by atoms with Crippen LogP contribution in [-0.2, 0) is 25.7 Å².